The lowest BCUT2D eigenvalue weighted by Crippen LogP contribution is -2.30. The number of rotatable bonds is 5. The van der Waals surface area contributed by atoms with Crippen LogP contribution in [0.25, 0.3) is 5.69 Å². The zero-order valence-electron chi connectivity index (χ0n) is 16.6. The molecule has 0 radical (unpaired) electrons. The zero-order valence-corrected chi connectivity index (χ0v) is 17.4. The molecule has 5 rings (SSSR count). The van der Waals surface area contributed by atoms with Gasteiger partial charge < -0.3 is 14.8 Å². The van der Waals surface area contributed by atoms with Crippen molar-refractivity contribution in [2.75, 3.05) is 0 Å². The molecule has 1 saturated heterocycles. The van der Waals surface area contributed by atoms with Crippen LogP contribution in [-0.2, 0) is 6.54 Å². The minimum atomic E-state index is -0.258. The SMILES string of the molecule is Fc1ccc(-n2cccc2[C@@H]2[C@@H](c3ccccn3)NC(=S)N2Cc2ccncc2)cc1. The van der Waals surface area contributed by atoms with E-state index in [1.807, 2.05) is 42.6 Å². The molecular formula is C24H20FN5S. The summed E-state index contributed by atoms with van der Waals surface area (Å²) in [6, 6.07) is 20.2. The summed E-state index contributed by atoms with van der Waals surface area (Å²) >= 11 is 5.76. The van der Waals surface area contributed by atoms with Crippen LogP contribution < -0.4 is 5.32 Å². The van der Waals surface area contributed by atoms with Gasteiger partial charge in [-0.15, -0.1) is 0 Å². The van der Waals surface area contributed by atoms with Crippen molar-refractivity contribution in [3.05, 3.63) is 114 Å². The van der Waals surface area contributed by atoms with Gasteiger partial charge >= 0.3 is 0 Å². The summed E-state index contributed by atoms with van der Waals surface area (Å²) in [4.78, 5) is 10.9. The van der Waals surface area contributed by atoms with Crippen LogP contribution in [0.15, 0.2) is 91.5 Å². The van der Waals surface area contributed by atoms with Crippen LogP contribution in [-0.4, -0.2) is 24.5 Å². The van der Waals surface area contributed by atoms with E-state index in [0.29, 0.717) is 11.7 Å². The molecule has 1 aromatic carbocycles. The first-order chi connectivity index (χ1) is 15.2. The van der Waals surface area contributed by atoms with Crippen molar-refractivity contribution < 1.29 is 4.39 Å². The summed E-state index contributed by atoms with van der Waals surface area (Å²) in [5, 5.41) is 4.14. The number of benzene rings is 1. The number of pyridine rings is 2. The maximum atomic E-state index is 13.5. The largest absolute Gasteiger partial charge is 0.352 e. The maximum Gasteiger partial charge on any atom is 0.170 e. The number of nitrogens with one attached hydrogen (secondary N) is 1. The topological polar surface area (TPSA) is 46.0 Å². The third kappa shape index (κ3) is 3.80. The minimum absolute atomic E-state index is 0.101. The van der Waals surface area contributed by atoms with Crippen molar-refractivity contribution >= 4 is 17.3 Å². The molecular weight excluding hydrogens is 409 g/mol. The van der Waals surface area contributed by atoms with Crippen LogP contribution >= 0.6 is 12.2 Å². The molecule has 2 atom stereocenters. The summed E-state index contributed by atoms with van der Waals surface area (Å²) in [5.74, 6) is -0.258. The molecule has 0 saturated carbocycles. The highest BCUT2D eigenvalue weighted by Gasteiger charge is 2.41. The first kappa shape index (κ1) is 19.4. The van der Waals surface area contributed by atoms with Crippen LogP contribution in [0.3, 0.4) is 0 Å². The molecule has 4 heterocycles. The van der Waals surface area contributed by atoms with Gasteiger partial charge in [0.25, 0.3) is 0 Å². The van der Waals surface area contributed by atoms with Gasteiger partial charge in [-0.25, -0.2) is 4.39 Å². The Balaban J connectivity index is 1.60. The predicted molar refractivity (Wildman–Crippen MR) is 121 cm³/mol. The average Bonchev–Trinajstić information content (AvgIpc) is 3.40. The molecule has 3 aromatic heterocycles. The van der Waals surface area contributed by atoms with E-state index < -0.39 is 0 Å². The van der Waals surface area contributed by atoms with Crippen LogP contribution in [0.5, 0.6) is 0 Å². The second-order valence-corrected chi connectivity index (χ2v) is 7.78. The Kier molecular flexibility index (Phi) is 5.18. The Hall–Kier alpha value is -3.58. The fraction of sp³-hybridized carbons (Fsp3) is 0.125. The Bertz CT molecular complexity index is 1180. The first-order valence-corrected chi connectivity index (χ1v) is 10.4. The second kappa shape index (κ2) is 8.28. The van der Waals surface area contributed by atoms with Gasteiger partial charge in [0.1, 0.15) is 5.82 Å². The third-order valence-corrected chi connectivity index (χ3v) is 5.84. The molecule has 0 bridgehead atoms. The van der Waals surface area contributed by atoms with Crippen molar-refractivity contribution in [1.82, 2.24) is 24.8 Å². The van der Waals surface area contributed by atoms with Crippen molar-refractivity contribution in [2.45, 2.75) is 18.6 Å². The molecule has 1 N–H and O–H groups in total. The van der Waals surface area contributed by atoms with E-state index in [2.05, 4.69) is 30.8 Å². The smallest absolute Gasteiger partial charge is 0.170 e. The zero-order chi connectivity index (χ0) is 21.2. The number of thiocarbonyl (C=S) groups is 1. The van der Waals surface area contributed by atoms with Crippen LogP contribution in [0, 0.1) is 5.82 Å². The Morgan fingerprint density at radius 1 is 0.935 bits per heavy atom. The number of halogens is 1. The van der Waals surface area contributed by atoms with Crippen LogP contribution in [0.2, 0.25) is 0 Å². The van der Waals surface area contributed by atoms with Gasteiger partial charge in [0.05, 0.1) is 17.8 Å². The molecule has 154 valence electrons. The molecule has 1 aliphatic rings. The van der Waals surface area contributed by atoms with Crippen molar-refractivity contribution in [1.29, 1.82) is 0 Å². The summed E-state index contributed by atoms with van der Waals surface area (Å²) in [6.45, 7) is 0.636. The predicted octanol–water partition coefficient (Wildman–Crippen LogP) is 4.58. The Labute approximate surface area is 185 Å². The monoisotopic (exact) mass is 429 g/mol. The molecule has 0 aliphatic carbocycles. The molecule has 0 amide bonds. The maximum absolute atomic E-state index is 13.5. The molecule has 5 nitrogen and oxygen atoms in total. The second-order valence-electron chi connectivity index (χ2n) is 7.39. The fourth-order valence-electron chi connectivity index (χ4n) is 4.05. The van der Waals surface area contributed by atoms with E-state index in [9.17, 15) is 4.39 Å². The summed E-state index contributed by atoms with van der Waals surface area (Å²) < 4.78 is 15.6. The van der Waals surface area contributed by atoms with E-state index in [1.165, 1.54) is 12.1 Å². The average molecular weight is 430 g/mol. The summed E-state index contributed by atoms with van der Waals surface area (Å²) in [5.41, 5.74) is 3.97. The lowest BCUT2D eigenvalue weighted by molar-refractivity contribution is 0.302. The number of hydrogen-bond donors (Lipinski definition) is 1. The van der Waals surface area contributed by atoms with Crippen molar-refractivity contribution in [2.24, 2.45) is 0 Å². The molecule has 31 heavy (non-hydrogen) atoms. The summed E-state index contributed by atoms with van der Waals surface area (Å²) in [7, 11) is 0. The molecule has 4 aromatic rings. The quantitative estimate of drug-likeness (QED) is 0.471. The Morgan fingerprint density at radius 2 is 1.74 bits per heavy atom. The van der Waals surface area contributed by atoms with Crippen molar-refractivity contribution in [3.8, 4) is 5.69 Å². The Morgan fingerprint density at radius 3 is 2.48 bits per heavy atom. The molecule has 1 aliphatic heterocycles. The van der Waals surface area contributed by atoms with Gasteiger partial charge in [0, 0.05) is 42.7 Å². The molecule has 7 heteroatoms. The normalized spacial score (nSPS) is 18.2. The van der Waals surface area contributed by atoms with E-state index in [4.69, 9.17) is 12.2 Å². The van der Waals surface area contributed by atoms with E-state index >= 15 is 0 Å². The van der Waals surface area contributed by atoms with Gasteiger partial charge in [-0.3, -0.25) is 9.97 Å². The third-order valence-electron chi connectivity index (χ3n) is 5.49. The van der Waals surface area contributed by atoms with Gasteiger partial charge in [-0.05, 0) is 78.4 Å². The molecule has 0 unspecified atom stereocenters. The number of hydrogen-bond acceptors (Lipinski definition) is 3. The lowest BCUT2D eigenvalue weighted by Gasteiger charge is -2.29. The number of aromatic nitrogens is 3. The lowest BCUT2D eigenvalue weighted by atomic mass is 10.0. The van der Waals surface area contributed by atoms with Crippen LogP contribution in [0.1, 0.15) is 29.0 Å². The van der Waals surface area contributed by atoms with Gasteiger partial charge in [-0.1, -0.05) is 6.07 Å². The number of nitrogens with zero attached hydrogens (tertiary/aromatic N) is 4. The highest BCUT2D eigenvalue weighted by Crippen LogP contribution is 2.40. The van der Waals surface area contributed by atoms with Gasteiger partial charge in [-0.2, -0.15) is 0 Å². The van der Waals surface area contributed by atoms with Crippen LogP contribution in [0.4, 0.5) is 4.39 Å². The van der Waals surface area contributed by atoms with Gasteiger partial charge in [0.2, 0.25) is 0 Å². The highest BCUT2D eigenvalue weighted by atomic mass is 32.1. The summed E-state index contributed by atoms with van der Waals surface area (Å²) in [6.07, 6.45) is 7.36. The highest BCUT2D eigenvalue weighted by molar-refractivity contribution is 7.80. The van der Waals surface area contributed by atoms with E-state index in [1.54, 1.807) is 30.7 Å². The first-order valence-electron chi connectivity index (χ1n) is 10.0. The van der Waals surface area contributed by atoms with E-state index in [-0.39, 0.29) is 17.9 Å². The molecule has 0 spiro atoms. The molecule has 1 fully saturated rings. The standard InChI is InChI=1S/C24H20FN5S/c25-18-6-8-19(9-7-18)29-15-3-5-21(29)23-22(20-4-1-2-12-27-20)28-24(31)30(23)16-17-10-13-26-14-11-17/h1-15,22-23H,16H2,(H,28,31)/t22-,23-/m1/s1. The fourth-order valence-corrected chi connectivity index (χ4v) is 4.36. The minimum Gasteiger partial charge on any atom is -0.352 e. The van der Waals surface area contributed by atoms with E-state index in [0.717, 1.165) is 22.6 Å². The van der Waals surface area contributed by atoms with Gasteiger partial charge in [0.15, 0.2) is 5.11 Å². The van der Waals surface area contributed by atoms with Crippen molar-refractivity contribution in [3.63, 3.8) is 0 Å².